The molecule has 0 aliphatic carbocycles. The van der Waals surface area contributed by atoms with Gasteiger partial charge in [-0.1, -0.05) is 0 Å². The molecule has 2 aliphatic heterocycles. The normalized spacial score (nSPS) is 27.6. The lowest BCUT2D eigenvalue weighted by Gasteiger charge is -2.54. The Morgan fingerprint density at radius 1 is 1.40 bits per heavy atom. The summed E-state index contributed by atoms with van der Waals surface area (Å²) in [5.41, 5.74) is 0.486. The van der Waals surface area contributed by atoms with Gasteiger partial charge in [0, 0.05) is 38.8 Å². The SMILES string of the molecule is COCC(CO)N1CC2(CCOCC2)C1. The molecule has 1 unspecified atom stereocenters. The van der Waals surface area contributed by atoms with Crippen molar-refractivity contribution in [2.24, 2.45) is 5.41 Å². The van der Waals surface area contributed by atoms with Crippen LogP contribution in [0.5, 0.6) is 0 Å². The minimum absolute atomic E-state index is 0.184. The minimum Gasteiger partial charge on any atom is -0.395 e. The van der Waals surface area contributed by atoms with Crippen LogP contribution in [-0.2, 0) is 9.47 Å². The number of aliphatic hydroxyl groups is 1. The third-order valence-corrected chi connectivity index (χ3v) is 3.72. The molecule has 15 heavy (non-hydrogen) atoms. The summed E-state index contributed by atoms with van der Waals surface area (Å²) < 4.78 is 10.5. The summed E-state index contributed by atoms with van der Waals surface area (Å²) >= 11 is 0. The highest BCUT2D eigenvalue weighted by atomic mass is 16.5. The first-order valence-corrected chi connectivity index (χ1v) is 5.71. The average molecular weight is 215 g/mol. The summed E-state index contributed by atoms with van der Waals surface area (Å²) in [4.78, 5) is 2.33. The second-order valence-electron chi connectivity index (χ2n) is 4.81. The molecule has 2 aliphatic rings. The highest BCUT2D eigenvalue weighted by molar-refractivity contribution is 4.98. The van der Waals surface area contributed by atoms with Gasteiger partial charge in [-0.3, -0.25) is 4.90 Å². The largest absolute Gasteiger partial charge is 0.395 e. The predicted molar refractivity (Wildman–Crippen MR) is 56.8 cm³/mol. The molecule has 4 heteroatoms. The molecule has 1 spiro atoms. The van der Waals surface area contributed by atoms with Gasteiger partial charge in [0.1, 0.15) is 0 Å². The molecule has 0 amide bonds. The van der Waals surface area contributed by atoms with Crippen LogP contribution in [0.2, 0.25) is 0 Å². The summed E-state index contributed by atoms with van der Waals surface area (Å²) in [5, 5.41) is 9.23. The van der Waals surface area contributed by atoms with Crippen molar-refractivity contribution in [3.8, 4) is 0 Å². The zero-order valence-electron chi connectivity index (χ0n) is 9.45. The Morgan fingerprint density at radius 3 is 2.60 bits per heavy atom. The summed E-state index contributed by atoms with van der Waals surface area (Å²) in [6.45, 7) is 4.84. The number of nitrogens with zero attached hydrogens (tertiary/aromatic N) is 1. The number of aliphatic hydroxyl groups excluding tert-OH is 1. The lowest BCUT2D eigenvalue weighted by atomic mass is 9.73. The van der Waals surface area contributed by atoms with Gasteiger partial charge in [-0.05, 0) is 12.8 Å². The van der Waals surface area contributed by atoms with E-state index in [1.165, 1.54) is 12.8 Å². The Balaban J connectivity index is 1.80. The molecule has 0 radical (unpaired) electrons. The van der Waals surface area contributed by atoms with Crippen LogP contribution in [0.1, 0.15) is 12.8 Å². The summed E-state index contributed by atoms with van der Waals surface area (Å²) in [5.74, 6) is 0. The van der Waals surface area contributed by atoms with Crippen LogP contribution < -0.4 is 0 Å². The molecule has 0 aromatic heterocycles. The quantitative estimate of drug-likeness (QED) is 0.722. The van der Waals surface area contributed by atoms with Crippen LogP contribution in [-0.4, -0.2) is 62.7 Å². The lowest BCUT2D eigenvalue weighted by molar-refractivity contribution is -0.113. The number of ether oxygens (including phenoxy) is 2. The molecule has 0 saturated carbocycles. The predicted octanol–water partition coefficient (Wildman–Crippen LogP) is 0.106. The van der Waals surface area contributed by atoms with E-state index in [9.17, 15) is 5.11 Å². The number of methoxy groups -OCH3 is 1. The van der Waals surface area contributed by atoms with Crippen LogP contribution in [0.25, 0.3) is 0 Å². The monoisotopic (exact) mass is 215 g/mol. The third kappa shape index (κ3) is 2.33. The molecule has 2 saturated heterocycles. The topological polar surface area (TPSA) is 41.9 Å². The number of likely N-dealkylation sites (tertiary alicyclic amines) is 1. The van der Waals surface area contributed by atoms with Crippen molar-refractivity contribution in [1.29, 1.82) is 0 Å². The molecule has 2 heterocycles. The van der Waals surface area contributed by atoms with E-state index < -0.39 is 0 Å². The lowest BCUT2D eigenvalue weighted by Crippen LogP contribution is -2.63. The standard InChI is InChI=1S/C11H21NO3/c1-14-7-10(6-13)12-8-11(9-12)2-4-15-5-3-11/h10,13H,2-9H2,1H3. The van der Waals surface area contributed by atoms with Gasteiger partial charge >= 0.3 is 0 Å². The van der Waals surface area contributed by atoms with Gasteiger partial charge < -0.3 is 14.6 Å². The molecular weight excluding hydrogens is 194 g/mol. The van der Waals surface area contributed by atoms with Crippen LogP contribution in [0.4, 0.5) is 0 Å². The fourth-order valence-corrected chi connectivity index (χ4v) is 2.66. The van der Waals surface area contributed by atoms with Gasteiger partial charge in [-0.25, -0.2) is 0 Å². The Labute approximate surface area is 91.2 Å². The molecule has 0 bridgehead atoms. The van der Waals surface area contributed by atoms with Crippen molar-refractivity contribution in [2.45, 2.75) is 18.9 Å². The number of hydrogen-bond acceptors (Lipinski definition) is 4. The van der Waals surface area contributed by atoms with Crippen molar-refractivity contribution in [2.75, 3.05) is 46.6 Å². The fourth-order valence-electron chi connectivity index (χ4n) is 2.66. The van der Waals surface area contributed by atoms with E-state index in [-0.39, 0.29) is 12.6 Å². The zero-order valence-corrected chi connectivity index (χ0v) is 9.45. The Hall–Kier alpha value is -0.160. The first-order chi connectivity index (χ1) is 7.29. The zero-order chi connectivity index (χ0) is 10.7. The van der Waals surface area contributed by atoms with Crippen molar-refractivity contribution in [3.63, 3.8) is 0 Å². The Kier molecular flexibility index (Phi) is 3.61. The highest BCUT2D eigenvalue weighted by Crippen LogP contribution is 2.40. The van der Waals surface area contributed by atoms with Crippen LogP contribution >= 0.6 is 0 Å². The second kappa shape index (κ2) is 4.78. The summed E-state index contributed by atoms with van der Waals surface area (Å²) in [6.07, 6.45) is 2.35. The van der Waals surface area contributed by atoms with Gasteiger partial charge in [0.05, 0.1) is 19.3 Å². The molecule has 4 nitrogen and oxygen atoms in total. The van der Waals surface area contributed by atoms with Gasteiger partial charge in [0.15, 0.2) is 0 Å². The van der Waals surface area contributed by atoms with E-state index in [1.54, 1.807) is 7.11 Å². The maximum atomic E-state index is 9.23. The van der Waals surface area contributed by atoms with E-state index >= 15 is 0 Å². The molecule has 88 valence electrons. The van der Waals surface area contributed by atoms with Gasteiger partial charge in [0.25, 0.3) is 0 Å². The second-order valence-corrected chi connectivity index (χ2v) is 4.81. The van der Waals surface area contributed by atoms with E-state index in [0.29, 0.717) is 12.0 Å². The van der Waals surface area contributed by atoms with Gasteiger partial charge in [0.2, 0.25) is 0 Å². The van der Waals surface area contributed by atoms with E-state index in [1.807, 2.05) is 0 Å². The van der Waals surface area contributed by atoms with Gasteiger partial charge in [-0.2, -0.15) is 0 Å². The van der Waals surface area contributed by atoms with E-state index in [0.717, 1.165) is 26.3 Å². The minimum atomic E-state index is 0.184. The van der Waals surface area contributed by atoms with Crippen LogP contribution in [0, 0.1) is 5.41 Å². The fraction of sp³-hybridized carbons (Fsp3) is 1.00. The van der Waals surface area contributed by atoms with Crippen LogP contribution in [0.15, 0.2) is 0 Å². The molecule has 2 fully saturated rings. The first-order valence-electron chi connectivity index (χ1n) is 5.71. The van der Waals surface area contributed by atoms with Gasteiger partial charge in [-0.15, -0.1) is 0 Å². The Morgan fingerprint density at radius 2 is 2.07 bits per heavy atom. The summed E-state index contributed by atoms with van der Waals surface area (Å²) in [6, 6.07) is 0.184. The van der Waals surface area contributed by atoms with E-state index in [2.05, 4.69) is 4.90 Å². The maximum absolute atomic E-state index is 9.23. The number of hydrogen-bond donors (Lipinski definition) is 1. The summed E-state index contributed by atoms with van der Waals surface area (Å²) in [7, 11) is 1.69. The molecule has 2 rings (SSSR count). The van der Waals surface area contributed by atoms with Crippen molar-refractivity contribution >= 4 is 0 Å². The molecule has 0 aromatic carbocycles. The first kappa shape index (κ1) is 11.3. The highest BCUT2D eigenvalue weighted by Gasteiger charge is 2.45. The average Bonchev–Trinajstić information content (AvgIpc) is 2.24. The smallest absolute Gasteiger partial charge is 0.0640 e. The van der Waals surface area contributed by atoms with Crippen molar-refractivity contribution in [3.05, 3.63) is 0 Å². The molecular formula is C11H21NO3. The maximum Gasteiger partial charge on any atom is 0.0640 e. The molecule has 0 aromatic rings. The number of rotatable bonds is 4. The Bertz CT molecular complexity index is 196. The molecule has 1 atom stereocenters. The van der Waals surface area contributed by atoms with E-state index in [4.69, 9.17) is 9.47 Å². The molecule has 1 N–H and O–H groups in total. The van der Waals surface area contributed by atoms with Crippen LogP contribution in [0.3, 0.4) is 0 Å². The van der Waals surface area contributed by atoms with Crippen molar-refractivity contribution < 1.29 is 14.6 Å². The third-order valence-electron chi connectivity index (χ3n) is 3.72. The van der Waals surface area contributed by atoms with Crippen molar-refractivity contribution in [1.82, 2.24) is 4.90 Å².